The average molecular weight is 316 g/mol. The number of carbonyl (C=O) groups excluding carboxylic acids is 1. The smallest absolute Gasteiger partial charge is 0.415 e. The van der Waals surface area contributed by atoms with Crippen LogP contribution in [0.4, 0.5) is 10.5 Å². The van der Waals surface area contributed by atoms with Crippen LogP contribution in [0.1, 0.15) is 24.8 Å². The Labute approximate surface area is 135 Å². The van der Waals surface area contributed by atoms with E-state index in [1.807, 2.05) is 18.2 Å². The van der Waals surface area contributed by atoms with E-state index in [0.717, 1.165) is 36.4 Å². The Morgan fingerprint density at radius 1 is 1.48 bits per heavy atom. The molecule has 1 aromatic rings. The number of aryl methyl sites for hydroxylation is 1. The normalized spacial score (nSPS) is 23.0. The van der Waals surface area contributed by atoms with Gasteiger partial charge in [-0.05, 0) is 43.0 Å². The van der Waals surface area contributed by atoms with Crippen LogP contribution >= 0.6 is 0 Å². The molecule has 1 saturated heterocycles. The summed E-state index contributed by atoms with van der Waals surface area (Å²) in [5.74, 6) is 0.884. The average Bonchev–Trinajstić information content (AvgIpc) is 2.88. The number of fused-ring (bicyclic) bond motifs is 1. The molecular formula is C17H20N2O4. The number of methoxy groups -OCH3 is 1. The first-order chi connectivity index (χ1) is 11.2. The Balaban J connectivity index is 1.89. The van der Waals surface area contributed by atoms with Crippen LogP contribution in [0.25, 0.3) is 0 Å². The van der Waals surface area contributed by atoms with Gasteiger partial charge in [0.05, 0.1) is 25.3 Å². The van der Waals surface area contributed by atoms with E-state index in [0.29, 0.717) is 19.4 Å². The third kappa shape index (κ3) is 3.10. The van der Waals surface area contributed by atoms with Gasteiger partial charge >= 0.3 is 6.09 Å². The molecule has 2 heterocycles. The van der Waals surface area contributed by atoms with Crippen LogP contribution in [0.15, 0.2) is 18.2 Å². The molecule has 2 aliphatic heterocycles. The van der Waals surface area contributed by atoms with Gasteiger partial charge in [0.1, 0.15) is 11.9 Å². The highest BCUT2D eigenvalue weighted by atomic mass is 16.6. The summed E-state index contributed by atoms with van der Waals surface area (Å²) in [6.45, 7) is 1.06. The van der Waals surface area contributed by atoms with E-state index in [2.05, 4.69) is 6.07 Å². The summed E-state index contributed by atoms with van der Waals surface area (Å²) in [7, 11) is 1.58. The number of hydrogen-bond acceptors (Lipinski definition) is 5. The van der Waals surface area contributed by atoms with Crippen LogP contribution in [-0.4, -0.2) is 38.6 Å². The van der Waals surface area contributed by atoms with Crippen molar-refractivity contribution in [2.45, 2.75) is 37.8 Å². The second-order valence-corrected chi connectivity index (χ2v) is 5.76. The molecule has 0 saturated carbocycles. The van der Waals surface area contributed by atoms with Gasteiger partial charge in [-0.2, -0.15) is 5.26 Å². The molecule has 1 amide bonds. The molecule has 0 spiro atoms. The van der Waals surface area contributed by atoms with E-state index >= 15 is 0 Å². The van der Waals surface area contributed by atoms with Gasteiger partial charge in [0.2, 0.25) is 0 Å². The number of amides is 1. The number of carbonyl (C=O) groups is 1. The summed E-state index contributed by atoms with van der Waals surface area (Å²) in [4.78, 5) is 14.0. The van der Waals surface area contributed by atoms with Crippen molar-refractivity contribution >= 4 is 11.8 Å². The van der Waals surface area contributed by atoms with Crippen molar-refractivity contribution in [3.8, 4) is 11.8 Å². The molecule has 3 rings (SSSR count). The standard InChI is InChI=1S/C17H20N2O4/c1-21-11-16-14(5-2-8-18)19(17(20)23-16)13-6-7-15-12(10-13)4-3-9-22-15/h6-7,10,14,16H,2-5,9,11H2,1H3/t14?,16-/m0/s1. The fourth-order valence-corrected chi connectivity index (χ4v) is 3.20. The lowest BCUT2D eigenvalue weighted by Crippen LogP contribution is -2.38. The predicted octanol–water partition coefficient (Wildman–Crippen LogP) is 2.66. The van der Waals surface area contributed by atoms with Gasteiger partial charge in [-0.25, -0.2) is 4.79 Å². The lowest BCUT2D eigenvalue weighted by Gasteiger charge is -2.25. The Hall–Kier alpha value is -2.26. The van der Waals surface area contributed by atoms with Crippen LogP contribution in [0.5, 0.6) is 5.75 Å². The number of ether oxygens (including phenoxy) is 3. The fourth-order valence-electron chi connectivity index (χ4n) is 3.20. The van der Waals surface area contributed by atoms with Crippen molar-refractivity contribution in [1.82, 2.24) is 0 Å². The van der Waals surface area contributed by atoms with Gasteiger partial charge in [0.15, 0.2) is 0 Å². The Morgan fingerprint density at radius 2 is 2.35 bits per heavy atom. The van der Waals surface area contributed by atoms with Crippen LogP contribution in [0.2, 0.25) is 0 Å². The van der Waals surface area contributed by atoms with Crippen LogP contribution in [-0.2, 0) is 15.9 Å². The lowest BCUT2D eigenvalue weighted by atomic mass is 10.0. The molecule has 0 bridgehead atoms. The largest absolute Gasteiger partial charge is 0.493 e. The third-order valence-electron chi connectivity index (χ3n) is 4.26. The van der Waals surface area contributed by atoms with Crippen molar-refractivity contribution in [1.29, 1.82) is 5.26 Å². The Bertz CT molecular complexity index is 626. The number of cyclic esters (lactones) is 1. The molecule has 6 nitrogen and oxygen atoms in total. The van der Waals surface area contributed by atoms with Crippen LogP contribution in [0.3, 0.4) is 0 Å². The van der Waals surface area contributed by atoms with Crippen LogP contribution < -0.4 is 9.64 Å². The zero-order chi connectivity index (χ0) is 16.2. The summed E-state index contributed by atoms with van der Waals surface area (Å²) in [5.41, 5.74) is 1.90. The summed E-state index contributed by atoms with van der Waals surface area (Å²) in [6.07, 6.45) is 2.11. The molecule has 1 aromatic carbocycles. The van der Waals surface area contributed by atoms with Crippen molar-refractivity contribution in [3.05, 3.63) is 23.8 Å². The highest BCUT2D eigenvalue weighted by molar-refractivity contribution is 5.91. The molecule has 0 aliphatic carbocycles. The molecule has 2 aliphatic rings. The zero-order valence-corrected chi connectivity index (χ0v) is 13.2. The molecule has 6 heteroatoms. The van der Waals surface area contributed by atoms with E-state index in [1.54, 1.807) is 12.0 Å². The first-order valence-corrected chi connectivity index (χ1v) is 7.86. The Kier molecular flexibility index (Phi) is 4.68. The molecule has 1 unspecified atom stereocenters. The number of nitrogens with zero attached hydrogens (tertiary/aromatic N) is 2. The topological polar surface area (TPSA) is 71.8 Å². The van der Waals surface area contributed by atoms with Gasteiger partial charge in [0, 0.05) is 19.2 Å². The Morgan fingerprint density at radius 3 is 3.13 bits per heavy atom. The highest BCUT2D eigenvalue weighted by Crippen LogP contribution is 2.34. The maximum Gasteiger partial charge on any atom is 0.415 e. The summed E-state index contributed by atoms with van der Waals surface area (Å²) in [5, 5.41) is 8.88. The maximum atomic E-state index is 12.3. The van der Waals surface area contributed by atoms with E-state index in [-0.39, 0.29) is 18.2 Å². The lowest BCUT2D eigenvalue weighted by molar-refractivity contribution is 0.0583. The number of rotatable bonds is 5. The van der Waals surface area contributed by atoms with Gasteiger partial charge < -0.3 is 14.2 Å². The zero-order valence-electron chi connectivity index (χ0n) is 13.2. The molecule has 23 heavy (non-hydrogen) atoms. The number of anilines is 1. The first kappa shape index (κ1) is 15.6. The fraction of sp³-hybridized carbons (Fsp3) is 0.529. The van der Waals surface area contributed by atoms with Gasteiger partial charge in [-0.15, -0.1) is 0 Å². The highest BCUT2D eigenvalue weighted by Gasteiger charge is 2.42. The third-order valence-corrected chi connectivity index (χ3v) is 4.26. The van der Waals surface area contributed by atoms with Gasteiger partial charge in [0.25, 0.3) is 0 Å². The SMILES string of the molecule is COC[C@@H]1OC(=O)N(c2ccc3c(c2)CCCO3)C1CCC#N. The summed E-state index contributed by atoms with van der Waals surface area (Å²) in [6, 6.07) is 7.72. The quantitative estimate of drug-likeness (QED) is 0.835. The van der Waals surface area contributed by atoms with Gasteiger partial charge in [-0.1, -0.05) is 0 Å². The minimum absolute atomic E-state index is 0.190. The summed E-state index contributed by atoms with van der Waals surface area (Å²) < 4.78 is 16.2. The van der Waals surface area contributed by atoms with Crippen molar-refractivity contribution < 1.29 is 19.0 Å². The molecule has 122 valence electrons. The van der Waals surface area contributed by atoms with Gasteiger partial charge in [-0.3, -0.25) is 4.90 Å². The molecular weight excluding hydrogens is 296 g/mol. The number of benzene rings is 1. The van der Waals surface area contributed by atoms with E-state index in [4.69, 9.17) is 19.5 Å². The molecule has 0 radical (unpaired) electrons. The van der Waals surface area contributed by atoms with Crippen molar-refractivity contribution in [3.63, 3.8) is 0 Å². The van der Waals surface area contributed by atoms with E-state index in [1.165, 1.54) is 0 Å². The second kappa shape index (κ2) is 6.88. The number of nitriles is 1. The van der Waals surface area contributed by atoms with E-state index < -0.39 is 0 Å². The molecule has 0 aromatic heterocycles. The monoisotopic (exact) mass is 316 g/mol. The second-order valence-electron chi connectivity index (χ2n) is 5.76. The molecule has 2 atom stereocenters. The molecule has 0 N–H and O–H groups in total. The first-order valence-electron chi connectivity index (χ1n) is 7.86. The van der Waals surface area contributed by atoms with E-state index in [9.17, 15) is 4.79 Å². The minimum Gasteiger partial charge on any atom is -0.493 e. The van der Waals surface area contributed by atoms with Crippen molar-refractivity contribution in [2.24, 2.45) is 0 Å². The minimum atomic E-state index is -0.383. The predicted molar refractivity (Wildman–Crippen MR) is 83.5 cm³/mol. The molecule has 1 fully saturated rings. The van der Waals surface area contributed by atoms with Crippen molar-refractivity contribution in [2.75, 3.05) is 25.2 Å². The number of hydrogen-bond donors (Lipinski definition) is 0. The summed E-state index contributed by atoms with van der Waals surface area (Å²) >= 11 is 0. The maximum absolute atomic E-state index is 12.3. The van der Waals surface area contributed by atoms with Crippen LogP contribution in [0, 0.1) is 11.3 Å².